The lowest BCUT2D eigenvalue weighted by Gasteiger charge is -2.32. The van der Waals surface area contributed by atoms with Crippen LogP contribution in [-0.4, -0.2) is 51.7 Å². The van der Waals surface area contributed by atoms with Crippen molar-refractivity contribution in [2.75, 3.05) is 39.5 Å². The van der Waals surface area contributed by atoms with Crippen molar-refractivity contribution in [2.45, 2.75) is 26.1 Å². The van der Waals surface area contributed by atoms with Crippen LogP contribution in [0.4, 0.5) is 0 Å². The number of hydrogen-bond donors (Lipinski definition) is 1. The predicted octanol–water partition coefficient (Wildman–Crippen LogP) is 2.08. The van der Waals surface area contributed by atoms with Gasteiger partial charge in [-0.1, -0.05) is 23.2 Å². The Morgan fingerprint density at radius 2 is 1.82 bits per heavy atom. The van der Waals surface area contributed by atoms with Crippen molar-refractivity contribution in [3.63, 3.8) is 0 Å². The first-order chi connectivity index (χ1) is 10.5. The van der Waals surface area contributed by atoms with Crippen LogP contribution in [0.15, 0.2) is 18.2 Å². The van der Waals surface area contributed by atoms with Crippen LogP contribution in [0, 0.1) is 0 Å². The van der Waals surface area contributed by atoms with Crippen molar-refractivity contribution in [3.8, 4) is 5.75 Å². The monoisotopic (exact) mass is 348 g/mol. The topological polar surface area (TPSA) is 32.1 Å². The highest BCUT2D eigenvalue weighted by Gasteiger charge is 2.24. The standard InChI is InChI=1S/C16H23Cl2NO3/c1-12-10-19(11-13(2)22-12)5-6-20-7-8-21-14-3-4-15(17)16(18)9-14/h3-4,9,12-13H,5-8,10-11H2,1-2H3/p+1/t12-,13+. The number of morpholine rings is 1. The number of benzene rings is 1. The number of halogens is 2. The molecule has 0 amide bonds. The Kier molecular flexibility index (Phi) is 7.25. The molecule has 4 nitrogen and oxygen atoms in total. The largest absolute Gasteiger partial charge is 0.491 e. The van der Waals surface area contributed by atoms with Gasteiger partial charge in [0.2, 0.25) is 0 Å². The smallest absolute Gasteiger partial charge is 0.121 e. The van der Waals surface area contributed by atoms with E-state index in [0.29, 0.717) is 41.2 Å². The van der Waals surface area contributed by atoms with Crippen molar-refractivity contribution in [1.29, 1.82) is 0 Å². The van der Waals surface area contributed by atoms with Crippen molar-refractivity contribution in [3.05, 3.63) is 28.2 Å². The molecule has 3 atom stereocenters. The van der Waals surface area contributed by atoms with E-state index in [0.717, 1.165) is 26.2 Å². The lowest BCUT2D eigenvalue weighted by molar-refractivity contribution is -0.915. The first-order valence-electron chi connectivity index (χ1n) is 7.69. The van der Waals surface area contributed by atoms with E-state index >= 15 is 0 Å². The maximum Gasteiger partial charge on any atom is 0.121 e. The molecule has 1 fully saturated rings. The second-order valence-corrected chi connectivity index (χ2v) is 6.52. The maximum absolute atomic E-state index is 5.93. The van der Waals surface area contributed by atoms with E-state index in [2.05, 4.69) is 13.8 Å². The zero-order chi connectivity index (χ0) is 15.9. The number of rotatable bonds is 7. The molecule has 0 aromatic heterocycles. The average Bonchev–Trinajstić information content (AvgIpc) is 2.45. The first kappa shape index (κ1) is 17.8. The van der Waals surface area contributed by atoms with E-state index < -0.39 is 0 Å². The third kappa shape index (κ3) is 5.94. The lowest BCUT2D eigenvalue weighted by atomic mass is 10.2. The van der Waals surface area contributed by atoms with Crippen LogP contribution < -0.4 is 9.64 Å². The van der Waals surface area contributed by atoms with Gasteiger partial charge in [-0.05, 0) is 26.0 Å². The molecular formula is C16H24Cl2NO3+. The highest BCUT2D eigenvalue weighted by Crippen LogP contribution is 2.26. The molecule has 124 valence electrons. The molecule has 2 rings (SSSR count). The highest BCUT2D eigenvalue weighted by atomic mass is 35.5. The molecule has 1 saturated heterocycles. The van der Waals surface area contributed by atoms with E-state index in [1.54, 1.807) is 18.2 Å². The SMILES string of the molecule is C[C@@H]1C[NH+](CCOCCOc2ccc(Cl)c(Cl)c2)C[C@H](C)O1. The van der Waals surface area contributed by atoms with Gasteiger partial charge >= 0.3 is 0 Å². The Bertz CT molecular complexity index is 463. The Morgan fingerprint density at radius 1 is 1.09 bits per heavy atom. The molecule has 1 heterocycles. The van der Waals surface area contributed by atoms with E-state index in [-0.39, 0.29) is 0 Å². The minimum Gasteiger partial charge on any atom is -0.491 e. The van der Waals surface area contributed by atoms with Crippen LogP contribution in [0.2, 0.25) is 10.0 Å². The number of quaternary nitrogens is 1. The van der Waals surface area contributed by atoms with Gasteiger partial charge in [-0.25, -0.2) is 0 Å². The molecule has 0 radical (unpaired) electrons. The summed E-state index contributed by atoms with van der Waals surface area (Å²) in [5.74, 6) is 0.708. The molecule has 6 heteroatoms. The van der Waals surface area contributed by atoms with Crippen LogP contribution in [-0.2, 0) is 9.47 Å². The molecular weight excluding hydrogens is 325 g/mol. The number of nitrogens with one attached hydrogen (secondary N) is 1. The molecule has 0 saturated carbocycles. The number of hydrogen-bond acceptors (Lipinski definition) is 3. The quantitative estimate of drug-likeness (QED) is 0.765. The van der Waals surface area contributed by atoms with Gasteiger partial charge in [0.15, 0.2) is 0 Å². The molecule has 0 spiro atoms. The van der Waals surface area contributed by atoms with Gasteiger partial charge in [0.25, 0.3) is 0 Å². The van der Waals surface area contributed by atoms with Crippen LogP contribution in [0.25, 0.3) is 0 Å². The van der Waals surface area contributed by atoms with Crippen LogP contribution in [0.3, 0.4) is 0 Å². The Labute approximate surface area is 142 Å². The minimum atomic E-state index is 0.330. The summed E-state index contributed by atoms with van der Waals surface area (Å²) >= 11 is 11.8. The zero-order valence-electron chi connectivity index (χ0n) is 13.1. The summed E-state index contributed by atoms with van der Waals surface area (Å²) in [4.78, 5) is 1.54. The molecule has 0 bridgehead atoms. The molecule has 1 N–H and O–H groups in total. The average molecular weight is 349 g/mol. The Balaban J connectivity index is 1.56. The fourth-order valence-electron chi connectivity index (χ4n) is 2.70. The maximum atomic E-state index is 5.93. The van der Waals surface area contributed by atoms with E-state index in [9.17, 15) is 0 Å². The summed E-state index contributed by atoms with van der Waals surface area (Å²) in [5.41, 5.74) is 0. The fraction of sp³-hybridized carbons (Fsp3) is 0.625. The third-order valence-electron chi connectivity index (χ3n) is 3.60. The minimum absolute atomic E-state index is 0.330. The van der Waals surface area contributed by atoms with Gasteiger partial charge in [0.1, 0.15) is 44.2 Å². The van der Waals surface area contributed by atoms with Crippen molar-refractivity contribution in [2.24, 2.45) is 0 Å². The van der Waals surface area contributed by atoms with Gasteiger partial charge in [0, 0.05) is 6.07 Å². The molecule has 1 aromatic rings. The van der Waals surface area contributed by atoms with Gasteiger partial charge in [-0.3, -0.25) is 0 Å². The molecule has 1 aliphatic rings. The third-order valence-corrected chi connectivity index (χ3v) is 4.34. The second kappa shape index (κ2) is 8.94. The first-order valence-corrected chi connectivity index (χ1v) is 8.45. The van der Waals surface area contributed by atoms with E-state index in [1.165, 1.54) is 4.90 Å². The Morgan fingerprint density at radius 3 is 2.50 bits per heavy atom. The zero-order valence-corrected chi connectivity index (χ0v) is 14.6. The molecule has 1 unspecified atom stereocenters. The summed E-state index contributed by atoms with van der Waals surface area (Å²) in [6.07, 6.45) is 0.661. The van der Waals surface area contributed by atoms with Crippen LogP contribution in [0.5, 0.6) is 5.75 Å². The molecule has 22 heavy (non-hydrogen) atoms. The predicted molar refractivity (Wildman–Crippen MR) is 88.3 cm³/mol. The second-order valence-electron chi connectivity index (χ2n) is 5.70. The van der Waals surface area contributed by atoms with Gasteiger partial charge in [-0.2, -0.15) is 0 Å². The summed E-state index contributed by atoms with van der Waals surface area (Å²) in [6.45, 7) is 9.16. The number of ether oxygens (including phenoxy) is 3. The van der Waals surface area contributed by atoms with Crippen molar-refractivity contribution < 1.29 is 19.1 Å². The molecule has 0 aliphatic carbocycles. The normalized spacial score (nSPS) is 25.2. The van der Waals surface area contributed by atoms with Gasteiger partial charge < -0.3 is 19.1 Å². The summed E-state index contributed by atoms with van der Waals surface area (Å²) in [5, 5.41) is 1.03. The van der Waals surface area contributed by atoms with Crippen molar-refractivity contribution in [1.82, 2.24) is 0 Å². The van der Waals surface area contributed by atoms with Crippen LogP contribution >= 0.6 is 23.2 Å². The summed E-state index contributed by atoms with van der Waals surface area (Å²) in [6, 6.07) is 5.24. The van der Waals surface area contributed by atoms with Crippen LogP contribution in [0.1, 0.15) is 13.8 Å². The highest BCUT2D eigenvalue weighted by molar-refractivity contribution is 6.42. The lowest BCUT2D eigenvalue weighted by Crippen LogP contribution is -3.15. The summed E-state index contributed by atoms with van der Waals surface area (Å²) < 4.78 is 16.9. The van der Waals surface area contributed by atoms with E-state index in [1.807, 2.05) is 0 Å². The van der Waals surface area contributed by atoms with Gasteiger partial charge in [-0.15, -0.1) is 0 Å². The molecule has 1 aromatic carbocycles. The summed E-state index contributed by atoms with van der Waals surface area (Å²) in [7, 11) is 0. The fourth-order valence-corrected chi connectivity index (χ4v) is 2.99. The van der Waals surface area contributed by atoms with Crippen molar-refractivity contribution >= 4 is 23.2 Å². The van der Waals surface area contributed by atoms with Gasteiger partial charge in [0.05, 0.1) is 23.3 Å². The van der Waals surface area contributed by atoms with E-state index in [4.69, 9.17) is 37.4 Å². The molecule has 1 aliphatic heterocycles. The Hall–Kier alpha value is -0.520.